The van der Waals surface area contributed by atoms with Crippen LogP contribution in [0.25, 0.3) is 0 Å². The number of carbonyl (C=O) groups is 2. The summed E-state index contributed by atoms with van der Waals surface area (Å²) in [5, 5.41) is 3.26. The molecule has 1 heterocycles. The van der Waals surface area contributed by atoms with E-state index in [2.05, 4.69) is 20.3 Å². The number of carbonyl (C=O) groups excluding carboxylic acids is 2. The molecule has 1 aromatic heterocycles. The van der Waals surface area contributed by atoms with Crippen molar-refractivity contribution in [3.8, 4) is 0 Å². The van der Waals surface area contributed by atoms with Crippen LogP contribution in [-0.4, -0.2) is 47.0 Å². The number of hydrogen-bond acceptors (Lipinski definition) is 8. The van der Waals surface area contributed by atoms with Crippen LogP contribution in [0.3, 0.4) is 0 Å². The first-order chi connectivity index (χ1) is 13.7. The number of aromatic nitrogens is 3. The monoisotopic (exact) mass is 420 g/mol. The number of benzene rings is 1. The third-order valence-corrected chi connectivity index (χ3v) is 4.54. The predicted molar refractivity (Wildman–Crippen MR) is 111 cm³/mol. The molecule has 0 aliphatic carbocycles. The minimum absolute atomic E-state index is 0.0317. The number of rotatable bonds is 8. The molecule has 2 atom stereocenters. The molecule has 3 N–H and O–H groups in total. The molecular weight excluding hydrogens is 396 g/mol. The molecule has 1 aromatic carbocycles. The van der Waals surface area contributed by atoms with Crippen LogP contribution < -0.4 is 16.0 Å². The number of nitrogen functional groups attached to an aromatic ring is 1. The second-order valence-electron chi connectivity index (χ2n) is 6.76. The zero-order chi connectivity index (χ0) is 21.6. The minimum Gasteiger partial charge on any atom is -0.456 e. The molecule has 0 saturated carbocycles. The lowest BCUT2D eigenvalue weighted by Crippen LogP contribution is -2.46. The second-order valence-corrected chi connectivity index (χ2v) is 7.19. The Morgan fingerprint density at radius 3 is 2.45 bits per heavy atom. The quantitative estimate of drug-likeness (QED) is 0.622. The molecular formula is C19H25ClN6O3. The average Bonchev–Trinajstić information content (AvgIpc) is 2.69. The molecule has 0 spiro atoms. The van der Waals surface area contributed by atoms with Crippen molar-refractivity contribution in [2.24, 2.45) is 5.92 Å². The van der Waals surface area contributed by atoms with E-state index in [9.17, 15) is 9.59 Å². The van der Waals surface area contributed by atoms with Crippen LogP contribution in [0.4, 0.5) is 11.9 Å². The first-order valence-electron chi connectivity index (χ1n) is 9.12. The number of amides is 1. The van der Waals surface area contributed by atoms with E-state index in [1.54, 1.807) is 43.3 Å². The second kappa shape index (κ2) is 10.0. The number of nitrogens with one attached hydrogen (secondary N) is 1. The summed E-state index contributed by atoms with van der Waals surface area (Å²) < 4.78 is 5.36. The minimum atomic E-state index is -0.823. The smallest absolute Gasteiger partial charge is 0.329 e. The van der Waals surface area contributed by atoms with E-state index >= 15 is 0 Å². The maximum absolute atomic E-state index is 12.7. The predicted octanol–water partition coefficient (Wildman–Crippen LogP) is 2.06. The summed E-state index contributed by atoms with van der Waals surface area (Å²) in [5.74, 6) is -0.487. The van der Waals surface area contributed by atoms with Crippen LogP contribution in [0.5, 0.6) is 0 Å². The average molecular weight is 421 g/mol. The molecule has 0 unspecified atom stereocenters. The molecule has 0 aliphatic rings. The molecule has 1 amide bonds. The molecule has 10 heteroatoms. The SMILES string of the molecule is CC[C@H](C)[C@H](NC(=O)c1ccc(Cl)cc1)C(=O)OCc1nc(N)nc(N(C)C)n1. The van der Waals surface area contributed by atoms with E-state index in [0.29, 0.717) is 23.0 Å². The van der Waals surface area contributed by atoms with E-state index in [4.69, 9.17) is 22.1 Å². The van der Waals surface area contributed by atoms with Gasteiger partial charge in [0.05, 0.1) is 0 Å². The lowest BCUT2D eigenvalue weighted by atomic mass is 9.99. The van der Waals surface area contributed by atoms with Gasteiger partial charge < -0.3 is 20.7 Å². The summed E-state index contributed by atoms with van der Waals surface area (Å²) in [6.07, 6.45) is 0.671. The summed E-state index contributed by atoms with van der Waals surface area (Å²) >= 11 is 5.85. The maximum Gasteiger partial charge on any atom is 0.329 e. The molecule has 156 valence electrons. The fourth-order valence-electron chi connectivity index (χ4n) is 2.41. The molecule has 0 radical (unpaired) electrons. The molecule has 0 bridgehead atoms. The van der Waals surface area contributed by atoms with Crippen molar-refractivity contribution in [1.82, 2.24) is 20.3 Å². The highest BCUT2D eigenvalue weighted by Crippen LogP contribution is 2.14. The fraction of sp³-hybridized carbons (Fsp3) is 0.421. The number of nitrogens with zero attached hydrogens (tertiary/aromatic N) is 4. The fourth-order valence-corrected chi connectivity index (χ4v) is 2.54. The molecule has 2 aromatic rings. The summed E-state index contributed by atoms with van der Waals surface area (Å²) in [6, 6.07) is 5.58. The van der Waals surface area contributed by atoms with E-state index in [1.165, 1.54) is 0 Å². The van der Waals surface area contributed by atoms with Gasteiger partial charge in [0, 0.05) is 24.7 Å². The van der Waals surface area contributed by atoms with Crippen molar-refractivity contribution < 1.29 is 14.3 Å². The lowest BCUT2D eigenvalue weighted by Gasteiger charge is -2.22. The van der Waals surface area contributed by atoms with Gasteiger partial charge in [-0.3, -0.25) is 4.79 Å². The lowest BCUT2D eigenvalue weighted by molar-refractivity contribution is -0.148. The molecule has 29 heavy (non-hydrogen) atoms. The number of anilines is 2. The van der Waals surface area contributed by atoms with E-state index < -0.39 is 12.0 Å². The van der Waals surface area contributed by atoms with Gasteiger partial charge in [-0.25, -0.2) is 4.79 Å². The van der Waals surface area contributed by atoms with Crippen LogP contribution in [0.1, 0.15) is 36.5 Å². The van der Waals surface area contributed by atoms with Gasteiger partial charge in [-0.2, -0.15) is 15.0 Å². The van der Waals surface area contributed by atoms with E-state index in [0.717, 1.165) is 0 Å². The first-order valence-corrected chi connectivity index (χ1v) is 9.49. The third kappa shape index (κ3) is 6.28. The Kier molecular flexibility index (Phi) is 7.72. The number of hydrogen-bond donors (Lipinski definition) is 2. The van der Waals surface area contributed by atoms with Gasteiger partial charge >= 0.3 is 5.97 Å². The number of nitrogens with two attached hydrogens (primary N) is 1. The zero-order valence-corrected chi connectivity index (χ0v) is 17.6. The number of ether oxygens (including phenoxy) is 1. The van der Waals surface area contributed by atoms with Crippen LogP contribution in [0.15, 0.2) is 24.3 Å². The van der Waals surface area contributed by atoms with E-state index in [-0.39, 0.29) is 30.2 Å². The highest BCUT2D eigenvalue weighted by Gasteiger charge is 2.28. The Labute approximate surface area is 174 Å². The van der Waals surface area contributed by atoms with Gasteiger partial charge in [-0.05, 0) is 30.2 Å². The molecule has 2 rings (SSSR count). The van der Waals surface area contributed by atoms with Gasteiger partial charge in [0.2, 0.25) is 11.9 Å². The normalized spacial score (nSPS) is 12.7. The van der Waals surface area contributed by atoms with Gasteiger partial charge in [-0.1, -0.05) is 31.9 Å². The van der Waals surface area contributed by atoms with Crippen molar-refractivity contribution in [2.45, 2.75) is 32.9 Å². The molecule has 0 aliphatic heterocycles. The molecule has 9 nitrogen and oxygen atoms in total. The van der Waals surface area contributed by atoms with Crippen molar-refractivity contribution >= 4 is 35.4 Å². The van der Waals surface area contributed by atoms with Crippen LogP contribution >= 0.6 is 11.6 Å². The topological polar surface area (TPSA) is 123 Å². The van der Waals surface area contributed by atoms with Crippen LogP contribution in [0.2, 0.25) is 5.02 Å². The molecule has 0 saturated heterocycles. The maximum atomic E-state index is 12.7. The first kappa shape index (κ1) is 22.4. The zero-order valence-electron chi connectivity index (χ0n) is 16.8. The van der Waals surface area contributed by atoms with Crippen molar-refractivity contribution in [1.29, 1.82) is 0 Å². The van der Waals surface area contributed by atoms with Crippen molar-refractivity contribution in [3.05, 3.63) is 40.7 Å². The van der Waals surface area contributed by atoms with Gasteiger partial charge in [0.15, 0.2) is 12.4 Å². The van der Waals surface area contributed by atoms with Crippen molar-refractivity contribution in [3.63, 3.8) is 0 Å². The van der Waals surface area contributed by atoms with Crippen LogP contribution in [-0.2, 0) is 16.1 Å². The highest BCUT2D eigenvalue weighted by molar-refractivity contribution is 6.30. The number of esters is 1. The Bertz CT molecular complexity index is 860. The highest BCUT2D eigenvalue weighted by atomic mass is 35.5. The Morgan fingerprint density at radius 1 is 1.21 bits per heavy atom. The van der Waals surface area contributed by atoms with Crippen molar-refractivity contribution in [2.75, 3.05) is 24.7 Å². The van der Waals surface area contributed by atoms with Gasteiger partial charge in [0.25, 0.3) is 5.91 Å². The summed E-state index contributed by atoms with van der Waals surface area (Å²) in [4.78, 5) is 39.0. The third-order valence-electron chi connectivity index (χ3n) is 4.29. The summed E-state index contributed by atoms with van der Waals surface area (Å²) in [7, 11) is 3.52. The van der Waals surface area contributed by atoms with Gasteiger partial charge in [-0.15, -0.1) is 0 Å². The van der Waals surface area contributed by atoms with E-state index in [1.807, 2.05) is 13.8 Å². The number of halogens is 1. The summed E-state index contributed by atoms with van der Waals surface area (Å²) in [6.45, 7) is 3.60. The Hall–Kier alpha value is -2.94. The largest absolute Gasteiger partial charge is 0.456 e. The molecule has 0 fully saturated rings. The van der Waals surface area contributed by atoms with Gasteiger partial charge in [0.1, 0.15) is 6.04 Å². The van der Waals surface area contributed by atoms with Crippen LogP contribution in [0, 0.1) is 5.92 Å². The Balaban J connectivity index is 2.09. The summed E-state index contributed by atoms with van der Waals surface area (Å²) in [5.41, 5.74) is 6.08. The Morgan fingerprint density at radius 2 is 1.86 bits per heavy atom. The standard InChI is InChI=1S/C19H25ClN6O3/c1-5-11(2)15(24-16(27)12-6-8-13(20)9-7-12)17(28)29-10-14-22-18(21)25-19(23-14)26(3)4/h6-9,11,15H,5,10H2,1-4H3,(H,24,27)(H2,21,22,23,25)/t11-,15-/m0/s1.